The van der Waals surface area contributed by atoms with E-state index in [9.17, 15) is 0 Å². The van der Waals surface area contributed by atoms with E-state index in [1.54, 1.807) is 0 Å². The second-order valence-corrected chi connectivity index (χ2v) is 13.7. The molecule has 2 saturated heterocycles. The van der Waals surface area contributed by atoms with Gasteiger partial charge >= 0.3 is 8.53 Å². The Morgan fingerprint density at radius 1 is 0.743 bits per heavy atom. The highest BCUT2D eigenvalue weighted by atomic mass is 31.2. The summed E-state index contributed by atoms with van der Waals surface area (Å²) in [6.45, 7) is 23.1. The standard InChI is InChI=1S/C14H22NO2P.C6H13O2P.C5H11O2P/c1-10(2)15(11(3)4)18-16-12(5)13-8-6-7-9-14(13)17-18;1-5-4-6(2)8-9(3)7-5;1-4-5(2)7-8(3)6-4/h6-12H,1-5H3;5-6H,4H2,1-3H3;4-5H,1-3H3/t12-,18?;5-,6-;4-,5-/m100/s1. The van der Waals surface area contributed by atoms with Crippen molar-refractivity contribution in [1.82, 2.24) is 4.67 Å². The molecule has 4 rings (SSSR count). The first-order chi connectivity index (χ1) is 16.4. The van der Waals surface area contributed by atoms with Crippen LogP contribution < -0.4 is 4.52 Å². The molecule has 0 aliphatic carbocycles. The number of hydrogen-bond acceptors (Lipinski definition) is 7. The largest absolute Gasteiger partial charge is 0.435 e. The van der Waals surface area contributed by atoms with Crippen LogP contribution in [-0.2, 0) is 22.6 Å². The molecule has 6 atom stereocenters. The third-order valence-corrected chi connectivity index (χ3v) is 10.4. The van der Waals surface area contributed by atoms with Crippen molar-refractivity contribution in [2.24, 2.45) is 0 Å². The van der Waals surface area contributed by atoms with Crippen LogP contribution in [0.25, 0.3) is 0 Å². The third kappa shape index (κ3) is 10.0. The molecular weight excluding hydrogens is 503 g/mol. The summed E-state index contributed by atoms with van der Waals surface area (Å²) < 4.78 is 35.9. The summed E-state index contributed by atoms with van der Waals surface area (Å²) in [5.74, 6) is 0.966. The van der Waals surface area contributed by atoms with Gasteiger partial charge in [0, 0.05) is 37.4 Å². The van der Waals surface area contributed by atoms with Crippen molar-refractivity contribution >= 4 is 25.3 Å². The first kappa shape index (κ1) is 31.3. The van der Waals surface area contributed by atoms with Crippen molar-refractivity contribution in [2.75, 3.05) is 13.3 Å². The van der Waals surface area contributed by atoms with E-state index in [0.29, 0.717) is 36.5 Å². The summed E-state index contributed by atoms with van der Waals surface area (Å²) in [7, 11) is -2.12. The van der Waals surface area contributed by atoms with Crippen molar-refractivity contribution in [1.29, 1.82) is 0 Å². The smallest absolute Gasteiger partial charge is 0.322 e. The van der Waals surface area contributed by atoms with Crippen molar-refractivity contribution in [2.45, 2.75) is 111 Å². The molecule has 1 aromatic carbocycles. The molecule has 2 fully saturated rings. The molecule has 0 bridgehead atoms. The highest BCUT2D eigenvalue weighted by molar-refractivity contribution is 7.46. The van der Waals surface area contributed by atoms with Crippen molar-refractivity contribution < 1.29 is 27.1 Å². The maximum Gasteiger partial charge on any atom is 0.322 e. The molecule has 3 aliphatic rings. The van der Waals surface area contributed by atoms with Gasteiger partial charge in [-0.15, -0.1) is 0 Å². The Hall–Kier alpha value is 0.0700. The molecule has 1 aromatic rings. The average Bonchev–Trinajstić information content (AvgIpc) is 3.02. The minimum Gasteiger partial charge on any atom is -0.435 e. The zero-order chi connectivity index (χ0) is 26.3. The zero-order valence-corrected chi connectivity index (χ0v) is 26.0. The maximum atomic E-state index is 6.07. The lowest BCUT2D eigenvalue weighted by atomic mass is 10.1. The van der Waals surface area contributed by atoms with Crippen LogP contribution in [0.3, 0.4) is 0 Å². The molecule has 3 heterocycles. The van der Waals surface area contributed by atoms with Crippen molar-refractivity contribution in [3.05, 3.63) is 29.8 Å². The fourth-order valence-electron chi connectivity index (χ4n) is 4.02. The summed E-state index contributed by atoms with van der Waals surface area (Å²) in [4.78, 5) is 0. The zero-order valence-electron chi connectivity index (χ0n) is 23.3. The van der Waals surface area contributed by atoms with Crippen LogP contribution in [0.2, 0.25) is 0 Å². The van der Waals surface area contributed by atoms with Gasteiger partial charge in [0.25, 0.3) is 0 Å². The number of rotatable bonds is 3. The molecule has 0 radical (unpaired) electrons. The quantitative estimate of drug-likeness (QED) is 0.351. The molecule has 0 aromatic heterocycles. The number of para-hydroxylation sites is 1. The lowest BCUT2D eigenvalue weighted by molar-refractivity contribution is 0.0748. The Labute approximate surface area is 217 Å². The first-order valence-electron chi connectivity index (χ1n) is 12.6. The summed E-state index contributed by atoms with van der Waals surface area (Å²) in [6, 6.07) is 8.96. The number of fused-ring (bicyclic) bond motifs is 1. The average molecular weight is 550 g/mol. The molecule has 10 heteroatoms. The van der Waals surface area contributed by atoms with Crippen molar-refractivity contribution in [3.63, 3.8) is 0 Å². The lowest BCUT2D eigenvalue weighted by Crippen LogP contribution is -2.35. The van der Waals surface area contributed by atoms with Gasteiger partial charge < -0.3 is 27.1 Å². The van der Waals surface area contributed by atoms with Gasteiger partial charge in [0.15, 0.2) is 16.8 Å². The molecule has 3 aliphatic heterocycles. The van der Waals surface area contributed by atoms with E-state index in [1.807, 2.05) is 45.4 Å². The second kappa shape index (κ2) is 14.9. The van der Waals surface area contributed by atoms with Gasteiger partial charge in [0.2, 0.25) is 0 Å². The maximum absolute atomic E-state index is 6.07. The molecule has 35 heavy (non-hydrogen) atoms. The van der Waals surface area contributed by atoms with Crippen LogP contribution in [0, 0.1) is 0 Å². The fraction of sp³-hybridized carbons (Fsp3) is 0.760. The van der Waals surface area contributed by atoms with Crippen LogP contribution in [-0.4, -0.2) is 54.5 Å². The van der Waals surface area contributed by atoms with Gasteiger partial charge in [-0.3, -0.25) is 0 Å². The van der Waals surface area contributed by atoms with Gasteiger partial charge in [0.05, 0.1) is 30.5 Å². The first-order valence-corrected chi connectivity index (χ1v) is 16.9. The van der Waals surface area contributed by atoms with E-state index >= 15 is 0 Å². The van der Waals surface area contributed by atoms with Crippen molar-refractivity contribution in [3.8, 4) is 5.75 Å². The molecule has 0 saturated carbocycles. The fourth-order valence-corrected chi connectivity index (χ4v) is 8.31. The van der Waals surface area contributed by atoms with Crippen LogP contribution in [0.4, 0.5) is 0 Å². The Balaban J connectivity index is 0.000000211. The van der Waals surface area contributed by atoms with E-state index in [0.717, 1.165) is 17.7 Å². The summed E-state index contributed by atoms with van der Waals surface area (Å²) >= 11 is 0. The third-order valence-electron chi connectivity index (χ3n) is 5.64. The molecule has 0 spiro atoms. The highest BCUT2D eigenvalue weighted by Crippen LogP contribution is 2.55. The summed E-state index contributed by atoms with van der Waals surface area (Å²) in [5.41, 5.74) is 1.14. The Kier molecular flexibility index (Phi) is 13.3. The Bertz CT molecular complexity index is 715. The number of benzene rings is 1. The lowest BCUT2D eigenvalue weighted by Gasteiger charge is -2.39. The van der Waals surface area contributed by atoms with Crippen LogP contribution in [0.5, 0.6) is 5.75 Å². The van der Waals surface area contributed by atoms with E-state index in [-0.39, 0.29) is 6.10 Å². The predicted octanol–water partition coefficient (Wildman–Crippen LogP) is 8.40. The van der Waals surface area contributed by atoms with Gasteiger partial charge in [0.1, 0.15) is 5.75 Å². The SMILES string of the molecule is CC(C)N(C(C)C)P1Oc2ccccc2[C@@H](C)O1.C[C@@H]1OP(C)O[C@H]1C.C[C@H]1C[C@H](C)OP(C)O1. The Morgan fingerprint density at radius 3 is 1.66 bits per heavy atom. The van der Waals surface area contributed by atoms with Gasteiger partial charge in [-0.1, -0.05) is 18.2 Å². The number of hydrogen-bond donors (Lipinski definition) is 0. The van der Waals surface area contributed by atoms with E-state index in [2.05, 4.69) is 59.2 Å². The van der Waals surface area contributed by atoms with E-state index in [4.69, 9.17) is 27.1 Å². The monoisotopic (exact) mass is 549 g/mol. The Morgan fingerprint density at radius 2 is 1.23 bits per heavy atom. The molecule has 0 N–H and O–H groups in total. The van der Waals surface area contributed by atoms with Gasteiger partial charge in [-0.25, -0.2) is 4.67 Å². The topological polar surface area (TPSA) is 58.6 Å². The highest BCUT2D eigenvalue weighted by Gasteiger charge is 2.35. The molecule has 1 unspecified atom stereocenters. The normalized spacial score (nSPS) is 32.9. The minimum atomic E-state index is -1.01. The molecule has 0 amide bonds. The van der Waals surface area contributed by atoms with Gasteiger partial charge in [-0.05, 0) is 68.4 Å². The van der Waals surface area contributed by atoms with E-state index in [1.165, 1.54) is 0 Å². The summed E-state index contributed by atoms with van der Waals surface area (Å²) in [6.07, 6.45) is 2.51. The molecule has 202 valence electrons. The van der Waals surface area contributed by atoms with E-state index < -0.39 is 25.3 Å². The molecule has 7 nitrogen and oxygen atoms in total. The molecular formula is C25H46NO6P3. The van der Waals surface area contributed by atoms with Crippen LogP contribution in [0.15, 0.2) is 24.3 Å². The number of nitrogens with zero attached hydrogens (tertiary/aromatic N) is 1. The second-order valence-electron chi connectivity index (χ2n) is 9.75. The van der Waals surface area contributed by atoms with Gasteiger partial charge in [-0.2, -0.15) is 0 Å². The minimum absolute atomic E-state index is 0.0982. The summed E-state index contributed by atoms with van der Waals surface area (Å²) in [5, 5.41) is 0. The predicted molar refractivity (Wildman–Crippen MR) is 148 cm³/mol. The van der Waals surface area contributed by atoms with Crippen LogP contribution >= 0.6 is 25.3 Å². The van der Waals surface area contributed by atoms with Crippen LogP contribution in [0.1, 0.15) is 80.4 Å².